The molecule has 0 radical (unpaired) electrons. The molecule has 1 aromatic heterocycles. The molecule has 2 rings (SSSR count). The van der Waals surface area contributed by atoms with Crippen LogP contribution in [0.5, 0.6) is 0 Å². The number of aromatic nitrogens is 3. The second-order valence-electron chi connectivity index (χ2n) is 4.73. The number of nitrogens with one attached hydrogen (secondary N) is 2. The van der Waals surface area contributed by atoms with E-state index in [1.807, 2.05) is 12.1 Å². The number of ether oxygens (including phenoxy) is 1. The van der Waals surface area contributed by atoms with Gasteiger partial charge < -0.3 is 10.1 Å². The zero-order valence-electron chi connectivity index (χ0n) is 12.3. The number of rotatable bonds is 7. The van der Waals surface area contributed by atoms with Gasteiger partial charge in [0, 0.05) is 18.7 Å². The van der Waals surface area contributed by atoms with E-state index in [-0.39, 0.29) is 12.4 Å². The largest absolute Gasteiger partial charge is 0.466 e. The van der Waals surface area contributed by atoms with Crippen molar-refractivity contribution in [2.24, 2.45) is 0 Å². The maximum atomic E-state index is 11.3. The first-order valence-electron chi connectivity index (χ1n) is 7.03. The molecule has 1 heterocycles. The van der Waals surface area contributed by atoms with Gasteiger partial charge in [-0.3, -0.25) is 9.89 Å². The van der Waals surface area contributed by atoms with Crippen molar-refractivity contribution in [2.45, 2.75) is 26.7 Å². The van der Waals surface area contributed by atoms with E-state index in [1.165, 1.54) is 5.56 Å². The number of benzene rings is 1. The number of hydrogen-bond acceptors (Lipinski definition) is 5. The third-order valence-corrected chi connectivity index (χ3v) is 2.89. The second-order valence-corrected chi connectivity index (χ2v) is 4.73. The fraction of sp³-hybridized carbons (Fsp3) is 0.400. The lowest BCUT2D eigenvalue weighted by molar-refractivity contribution is -0.142. The van der Waals surface area contributed by atoms with Gasteiger partial charge in [0.1, 0.15) is 12.2 Å². The summed E-state index contributed by atoms with van der Waals surface area (Å²) in [4.78, 5) is 15.6. The Hall–Kier alpha value is -2.37. The van der Waals surface area contributed by atoms with Gasteiger partial charge in [0.05, 0.1) is 6.61 Å². The summed E-state index contributed by atoms with van der Waals surface area (Å²) in [6, 6.07) is 8.19. The van der Waals surface area contributed by atoms with Crippen molar-refractivity contribution in [1.29, 1.82) is 0 Å². The second kappa shape index (κ2) is 7.42. The quantitative estimate of drug-likeness (QED) is 0.760. The molecule has 2 aromatic rings. The third-order valence-electron chi connectivity index (χ3n) is 2.89. The molecule has 0 aliphatic heterocycles. The first kappa shape index (κ1) is 15.0. The standard InChI is InChI=1S/C15H20N4O2/c1-3-21-15(20)10-14-17-13(18-19-14)7-8-16-12-6-4-5-11(2)9-12/h4-6,9,16H,3,7-8,10H2,1-2H3,(H,17,18,19). The van der Waals surface area contributed by atoms with Crippen LogP contribution in [0.15, 0.2) is 24.3 Å². The number of H-pyrrole nitrogens is 1. The van der Waals surface area contributed by atoms with Crippen molar-refractivity contribution in [3.63, 3.8) is 0 Å². The molecule has 0 fully saturated rings. The maximum absolute atomic E-state index is 11.3. The number of nitrogens with zero attached hydrogens (tertiary/aromatic N) is 2. The van der Waals surface area contributed by atoms with Crippen LogP contribution in [0, 0.1) is 6.92 Å². The van der Waals surface area contributed by atoms with Gasteiger partial charge in [0.15, 0.2) is 5.82 Å². The van der Waals surface area contributed by atoms with Crippen LogP contribution in [0.25, 0.3) is 0 Å². The molecule has 6 nitrogen and oxygen atoms in total. The van der Waals surface area contributed by atoms with Crippen LogP contribution in [-0.4, -0.2) is 34.3 Å². The van der Waals surface area contributed by atoms with Gasteiger partial charge in [-0.1, -0.05) is 12.1 Å². The Bertz CT molecular complexity index is 595. The number of aryl methyl sites for hydroxylation is 1. The summed E-state index contributed by atoms with van der Waals surface area (Å²) in [7, 11) is 0. The van der Waals surface area contributed by atoms with Crippen molar-refractivity contribution < 1.29 is 9.53 Å². The van der Waals surface area contributed by atoms with Gasteiger partial charge in [0.25, 0.3) is 0 Å². The smallest absolute Gasteiger partial charge is 0.313 e. The monoisotopic (exact) mass is 288 g/mol. The van der Waals surface area contributed by atoms with Gasteiger partial charge in [-0.2, -0.15) is 5.10 Å². The van der Waals surface area contributed by atoms with Crippen molar-refractivity contribution in [2.75, 3.05) is 18.5 Å². The highest BCUT2D eigenvalue weighted by molar-refractivity contribution is 5.71. The van der Waals surface area contributed by atoms with Gasteiger partial charge in [-0.15, -0.1) is 0 Å². The van der Waals surface area contributed by atoms with Crippen LogP contribution in [-0.2, 0) is 22.4 Å². The molecule has 0 spiro atoms. The van der Waals surface area contributed by atoms with E-state index in [9.17, 15) is 4.79 Å². The molecule has 0 aliphatic rings. The summed E-state index contributed by atoms with van der Waals surface area (Å²) < 4.78 is 4.87. The first-order valence-corrected chi connectivity index (χ1v) is 7.03. The number of carbonyl (C=O) groups is 1. The van der Waals surface area contributed by atoms with Crippen LogP contribution >= 0.6 is 0 Å². The number of anilines is 1. The number of aromatic amines is 1. The highest BCUT2D eigenvalue weighted by Gasteiger charge is 2.09. The van der Waals surface area contributed by atoms with Gasteiger partial charge in [-0.05, 0) is 31.5 Å². The lowest BCUT2D eigenvalue weighted by Gasteiger charge is -2.05. The first-order chi connectivity index (χ1) is 10.2. The molecular weight excluding hydrogens is 268 g/mol. The predicted octanol–water partition coefficient (Wildman–Crippen LogP) is 1.87. The molecule has 0 atom stereocenters. The van der Waals surface area contributed by atoms with E-state index in [4.69, 9.17) is 4.74 Å². The van der Waals surface area contributed by atoms with E-state index in [0.717, 1.165) is 12.2 Å². The van der Waals surface area contributed by atoms with Gasteiger partial charge >= 0.3 is 5.97 Å². The summed E-state index contributed by atoms with van der Waals surface area (Å²) in [5, 5.41) is 10.2. The zero-order chi connectivity index (χ0) is 15.1. The zero-order valence-corrected chi connectivity index (χ0v) is 12.3. The molecular formula is C15H20N4O2. The average Bonchev–Trinajstić information content (AvgIpc) is 2.86. The van der Waals surface area contributed by atoms with Crippen LogP contribution in [0.3, 0.4) is 0 Å². The number of hydrogen-bond donors (Lipinski definition) is 2. The molecule has 1 aromatic carbocycles. The molecule has 0 aliphatic carbocycles. The molecule has 21 heavy (non-hydrogen) atoms. The van der Waals surface area contributed by atoms with Crippen molar-refractivity contribution in [3.05, 3.63) is 41.5 Å². The van der Waals surface area contributed by atoms with Crippen LogP contribution in [0.1, 0.15) is 24.1 Å². The lowest BCUT2D eigenvalue weighted by Crippen LogP contribution is -2.09. The van der Waals surface area contributed by atoms with Crippen LogP contribution in [0.4, 0.5) is 5.69 Å². The summed E-state index contributed by atoms with van der Waals surface area (Å²) in [6.45, 7) is 4.95. The lowest BCUT2D eigenvalue weighted by atomic mass is 10.2. The minimum Gasteiger partial charge on any atom is -0.466 e. The molecule has 0 saturated heterocycles. The van der Waals surface area contributed by atoms with E-state index in [1.54, 1.807) is 6.92 Å². The topological polar surface area (TPSA) is 79.9 Å². The summed E-state index contributed by atoms with van der Waals surface area (Å²) >= 11 is 0. The minimum absolute atomic E-state index is 0.131. The van der Waals surface area contributed by atoms with Gasteiger partial charge in [-0.25, -0.2) is 4.98 Å². The SMILES string of the molecule is CCOC(=O)Cc1nc(CCNc2cccc(C)c2)n[nH]1. The fourth-order valence-corrected chi connectivity index (χ4v) is 1.95. The minimum atomic E-state index is -0.293. The summed E-state index contributed by atoms with van der Waals surface area (Å²) in [5.74, 6) is 0.937. The highest BCUT2D eigenvalue weighted by Crippen LogP contribution is 2.09. The number of esters is 1. The van der Waals surface area contributed by atoms with E-state index in [2.05, 4.69) is 39.6 Å². The normalized spacial score (nSPS) is 10.4. The third kappa shape index (κ3) is 4.91. The molecule has 112 valence electrons. The molecule has 0 amide bonds. The molecule has 6 heteroatoms. The number of carbonyl (C=O) groups excluding carboxylic acids is 1. The van der Waals surface area contributed by atoms with Crippen molar-refractivity contribution >= 4 is 11.7 Å². The van der Waals surface area contributed by atoms with E-state index < -0.39 is 0 Å². The molecule has 0 unspecified atom stereocenters. The Kier molecular flexibility index (Phi) is 5.31. The van der Waals surface area contributed by atoms with E-state index in [0.29, 0.717) is 24.7 Å². The molecule has 0 saturated carbocycles. The molecule has 2 N–H and O–H groups in total. The Morgan fingerprint density at radius 2 is 2.29 bits per heavy atom. The summed E-state index contributed by atoms with van der Waals surface area (Å²) in [5.41, 5.74) is 2.30. The predicted molar refractivity (Wildman–Crippen MR) is 80.1 cm³/mol. The van der Waals surface area contributed by atoms with Crippen molar-refractivity contribution in [1.82, 2.24) is 15.2 Å². The van der Waals surface area contributed by atoms with Crippen LogP contribution in [0.2, 0.25) is 0 Å². The van der Waals surface area contributed by atoms with E-state index >= 15 is 0 Å². The fourth-order valence-electron chi connectivity index (χ4n) is 1.95. The van der Waals surface area contributed by atoms with Crippen molar-refractivity contribution in [3.8, 4) is 0 Å². The Labute approximate surface area is 123 Å². The maximum Gasteiger partial charge on any atom is 0.313 e. The average molecular weight is 288 g/mol. The Morgan fingerprint density at radius 3 is 3.05 bits per heavy atom. The summed E-state index contributed by atoms with van der Waals surface area (Å²) in [6.07, 6.45) is 0.819. The Morgan fingerprint density at radius 1 is 1.43 bits per heavy atom. The van der Waals surface area contributed by atoms with Gasteiger partial charge in [0.2, 0.25) is 0 Å². The highest BCUT2D eigenvalue weighted by atomic mass is 16.5. The Balaban J connectivity index is 1.79. The van der Waals surface area contributed by atoms with Crippen LogP contribution < -0.4 is 5.32 Å². The molecule has 0 bridgehead atoms.